The topological polar surface area (TPSA) is 132 Å². The summed E-state index contributed by atoms with van der Waals surface area (Å²) in [5, 5.41) is 18.3. The fourth-order valence-electron chi connectivity index (χ4n) is 5.94. The zero-order chi connectivity index (χ0) is 37.5. The number of esters is 1. The monoisotopic (exact) mass is 749 g/mol. The van der Waals surface area contributed by atoms with Gasteiger partial charge in [0.1, 0.15) is 12.2 Å². The quantitative estimate of drug-likeness (QED) is 0.0242. The maximum Gasteiger partial charge on any atom is 0.472 e. The van der Waals surface area contributed by atoms with Crippen molar-refractivity contribution in [2.24, 2.45) is 0 Å². The number of rotatable bonds is 41. The lowest BCUT2D eigenvalue weighted by molar-refractivity contribution is -0.154. The molecule has 0 aliphatic rings. The van der Waals surface area contributed by atoms with Gasteiger partial charge >= 0.3 is 13.8 Å². The van der Waals surface area contributed by atoms with Crippen LogP contribution in [0.3, 0.4) is 0 Å². The van der Waals surface area contributed by atoms with E-state index in [1.807, 2.05) is 0 Å². The molecule has 0 aliphatic heterocycles. The predicted octanol–water partition coefficient (Wildman–Crippen LogP) is 11.3. The lowest BCUT2D eigenvalue weighted by atomic mass is 10.0. The van der Waals surface area contributed by atoms with Crippen molar-refractivity contribution < 1.29 is 43.0 Å². The van der Waals surface area contributed by atoms with Gasteiger partial charge in [0.05, 0.1) is 26.4 Å². The molecule has 0 aromatic heterocycles. The van der Waals surface area contributed by atoms with Crippen LogP contribution in [-0.4, -0.2) is 66.3 Å². The third-order valence-electron chi connectivity index (χ3n) is 9.20. The highest BCUT2D eigenvalue weighted by molar-refractivity contribution is 7.47. The third kappa shape index (κ3) is 38.7. The molecule has 10 heteroatoms. The van der Waals surface area contributed by atoms with Crippen LogP contribution < -0.4 is 0 Å². The first kappa shape index (κ1) is 50.2. The van der Waals surface area contributed by atoms with Crippen molar-refractivity contribution in [3.63, 3.8) is 0 Å². The van der Waals surface area contributed by atoms with Crippen molar-refractivity contribution in [2.45, 2.75) is 212 Å². The molecule has 0 fully saturated rings. The molecule has 0 saturated carbocycles. The summed E-state index contributed by atoms with van der Waals surface area (Å²) in [5.41, 5.74) is 0. The molecule has 9 nitrogen and oxygen atoms in total. The van der Waals surface area contributed by atoms with Crippen molar-refractivity contribution in [3.8, 4) is 0 Å². The molecule has 0 bridgehead atoms. The molecule has 304 valence electrons. The smallest absolute Gasteiger partial charge is 0.457 e. The zero-order valence-electron chi connectivity index (χ0n) is 33.1. The number of phosphoric acid groups is 1. The van der Waals surface area contributed by atoms with E-state index in [0.29, 0.717) is 6.61 Å². The molecular formula is C41H81O9P. The second-order valence-corrected chi connectivity index (χ2v) is 15.8. The minimum Gasteiger partial charge on any atom is -0.457 e. The van der Waals surface area contributed by atoms with Crippen LogP contribution >= 0.6 is 7.82 Å². The molecule has 0 spiro atoms. The first-order valence-electron chi connectivity index (χ1n) is 21.2. The van der Waals surface area contributed by atoms with Crippen LogP contribution in [0.5, 0.6) is 0 Å². The van der Waals surface area contributed by atoms with Crippen LogP contribution in [0.15, 0.2) is 12.2 Å². The van der Waals surface area contributed by atoms with E-state index in [0.717, 1.165) is 44.9 Å². The highest BCUT2D eigenvalue weighted by Gasteiger charge is 2.26. The van der Waals surface area contributed by atoms with Crippen molar-refractivity contribution in [2.75, 3.05) is 33.0 Å². The maximum atomic E-state index is 12.6. The van der Waals surface area contributed by atoms with Gasteiger partial charge in [-0.05, 0) is 38.5 Å². The number of aliphatic hydroxyl groups excluding tert-OH is 2. The molecule has 3 N–H and O–H groups in total. The Bertz CT molecular complexity index is 810. The van der Waals surface area contributed by atoms with Gasteiger partial charge in [-0.25, -0.2) is 4.57 Å². The van der Waals surface area contributed by atoms with Gasteiger partial charge in [-0.3, -0.25) is 13.8 Å². The van der Waals surface area contributed by atoms with Gasteiger partial charge < -0.3 is 24.6 Å². The SMILES string of the molecule is CCCCCCCCC/C=C\CCCCCCCCOCC(COP(=O)(O)OCC(O)CO)OC(=O)CCCCCCCCCCCCCCC. The standard InChI is InChI=1S/C41H81O9P/c1-3-5-7-9-11-13-15-17-18-19-20-22-24-26-28-30-32-34-47-37-40(38-49-51(45,46)48-36-39(43)35-42)50-41(44)33-31-29-27-25-23-21-16-14-12-10-8-6-4-2/h18-19,39-40,42-43H,3-17,20-38H2,1-2H3,(H,45,46)/b19-18-. The molecule has 51 heavy (non-hydrogen) atoms. The number of unbranched alkanes of at least 4 members (excludes halogenated alkanes) is 25. The lowest BCUT2D eigenvalue weighted by Crippen LogP contribution is -2.29. The first-order valence-corrected chi connectivity index (χ1v) is 22.7. The van der Waals surface area contributed by atoms with Crippen LogP contribution in [0.4, 0.5) is 0 Å². The molecule has 0 saturated heterocycles. The van der Waals surface area contributed by atoms with Crippen LogP contribution in [0.25, 0.3) is 0 Å². The minimum absolute atomic E-state index is 0.0504. The fourth-order valence-corrected chi connectivity index (χ4v) is 6.73. The van der Waals surface area contributed by atoms with Gasteiger partial charge in [0.2, 0.25) is 0 Å². The summed E-state index contributed by atoms with van der Waals surface area (Å²) in [6, 6.07) is 0. The predicted molar refractivity (Wildman–Crippen MR) is 210 cm³/mol. The van der Waals surface area contributed by atoms with Gasteiger partial charge in [-0.15, -0.1) is 0 Å². The number of ether oxygens (including phenoxy) is 2. The van der Waals surface area contributed by atoms with Crippen LogP contribution in [-0.2, 0) is 27.9 Å². The normalized spacial score (nSPS) is 14.2. The average Bonchev–Trinajstić information content (AvgIpc) is 3.12. The van der Waals surface area contributed by atoms with Gasteiger partial charge in [0.15, 0.2) is 0 Å². The van der Waals surface area contributed by atoms with Crippen molar-refractivity contribution >= 4 is 13.8 Å². The average molecular weight is 749 g/mol. The summed E-state index contributed by atoms with van der Waals surface area (Å²) >= 11 is 0. The number of hydrogen-bond acceptors (Lipinski definition) is 8. The summed E-state index contributed by atoms with van der Waals surface area (Å²) in [6.07, 6.45) is 37.4. The van der Waals surface area contributed by atoms with E-state index in [4.69, 9.17) is 23.6 Å². The third-order valence-corrected chi connectivity index (χ3v) is 10.2. The van der Waals surface area contributed by atoms with Crippen molar-refractivity contribution in [3.05, 3.63) is 12.2 Å². The summed E-state index contributed by atoms with van der Waals surface area (Å²) in [6.45, 7) is 3.53. The van der Waals surface area contributed by atoms with Crippen LogP contribution in [0, 0.1) is 0 Å². The van der Waals surface area contributed by atoms with E-state index in [2.05, 4.69) is 26.0 Å². The van der Waals surface area contributed by atoms with E-state index in [1.165, 1.54) is 135 Å². The molecule has 0 aromatic rings. The lowest BCUT2D eigenvalue weighted by Gasteiger charge is -2.20. The number of phosphoric ester groups is 1. The van der Waals surface area contributed by atoms with Crippen molar-refractivity contribution in [1.82, 2.24) is 0 Å². The second-order valence-electron chi connectivity index (χ2n) is 14.4. The van der Waals surface area contributed by atoms with E-state index in [9.17, 15) is 19.4 Å². The Hall–Kier alpha value is -0.800. The number of carbonyl (C=O) groups is 1. The van der Waals surface area contributed by atoms with E-state index in [-0.39, 0.29) is 25.6 Å². The summed E-state index contributed by atoms with van der Waals surface area (Å²) < 4.78 is 33.3. The molecule has 0 radical (unpaired) electrons. The Labute approximate surface area is 313 Å². The zero-order valence-corrected chi connectivity index (χ0v) is 34.0. The van der Waals surface area contributed by atoms with Gasteiger partial charge in [-0.2, -0.15) is 0 Å². The summed E-state index contributed by atoms with van der Waals surface area (Å²) in [5.74, 6) is -0.382. The Morgan fingerprint density at radius 2 is 1.00 bits per heavy atom. The molecule has 0 heterocycles. The first-order chi connectivity index (χ1) is 24.8. The second kappa shape index (κ2) is 38.9. The summed E-state index contributed by atoms with van der Waals surface area (Å²) in [7, 11) is -4.51. The van der Waals surface area contributed by atoms with Gasteiger partial charge in [0, 0.05) is 13.0 Å². The highest BCUT2D eigenvalue weighted by Crippen LogP contribution is 2.43. The molecule has 3 atom stereocenters. The highest BCUT2D eigenvalue weighted by atomic mass is 31.2. The van der Waals surface area contributed by atoms with E-state index < -0.39 is 33.2 Å². The Morgan fingerprint density at radius 1 is 0.588 bits per heavy atom. The van der Waals surface area contributed by atoms with Crippen molar-refractivity contribution in [1.29, 1.82) is 0 Å². The molecule has 0 aromatic carbocycles. The number of allylic oxidation sites excluding steroid dienone is 2. The van der Waals surface area contributed by atoms with E-state index in [1.54, 1.807) is 0 Å². The molecule has 0 amide bonds. The number of hydrogen-bond donors (Lipinski definition) is 3. The van der Waals surface area contributed by atoms with E-state index >= 15 is 0 Å². The molecule has 3 unspecified atom stereocenters. The maximum absolute atomic E-state index is 12.6. The Balaban J connectivity index is 4.16. The molecule has 0 rings (SSSR count). The van der Waals surface area contributed by atoms with Crippen LogP contribution in [0.1, 0.15) is 200 Å². The Kier molecular flexibility index (Phi) is 38.3. The van der Waals surface area contributed by atoms with Gasteiger partial charge in [0.25, 0.3) is 0 Å². The number of carbonyl (C=O) groups excluding carboxylic acids is 1. The van der Waals surface area contributed by atoms with Gasteiger partial charge in [-0.1, -0.05) is 167 Å². The van der Waals surface area contributed by atoms with Crippen LogP contribution in [0.2, 0.25) is 0 Å². The molecule has 0 aliphatic carbocycles. The molecular weight excluding hydrogens is 667 g/mol. The number of aliphatic hydroxyl groups is 2. The fraction of sp³-hybridized carbons (Fsp3) is 0.927. The minimum atomic E-state index is -4.51. The largest absolute Gasteiger partial charge is 0.472 e. The summed E-state index contributed by atoms with van der Waals surface area (Å²) in [4.78, 5) is 22.5. The Morgan fingerprint density at radius 3 is 1.47 bits per heavy atom.